The number of rotatable bonds is 2. The molecule has 27 heavy (non-hydrogen) atoms. The molecule has 1 saturated carbocycles. The molecule has 0 bridgehead atoms. The third-order valence-corrected chi connectivity index (χ3v) is 5.63. The van der Waals surface area contributed by atoms with Crippen LogP contribution < -0.4 is 0 Å². The molecule has 0 aromatic carbocycles. The Morgan fingerprint density at radius 2 is 2.00 bits per heavy atom. The molecule has 3 rings (SSSR count). The molecule has 3 atom stereocenters. The van der Waals surface area contributed by atoms with Crippen LogP contribution in [0.15, 0.2) is 30.0 Å². The molecule has 1 aromatic heterocycles. The van der Waals surface area contributed by atoms with Crippen molar-refractivity contribution in [1.29, 1.82) is 0 Å². The Morgan fingerprint density at radius 1 is 1.30 bits per heavy atom. The fraction of sp³-hybridized carbons (Fsp3) is 0.600. The number of aliphatic hydroxyl groups is 1. The van der Waals surface area contributed by atoms with Crippen molar-refractivity contribution in [1.82, 2.24) is 9.88 Å². The van der Waals surface area contributed by atoms with Crippen molar-refractivity contribution < 1.29 is 23.1 Å². The molecule has 0 spiro atoms. The third kappa shape index (κ3) is 4.03. The number of aromatic nitrogens is 1. The second-order valence-electron chi connectivity index (χ2n) is 7.85. The van der Waals surface area contributed by atoms with E-state index in [0.29, 0.717) is 13.0 Å². The standard InChI is InChI=1S/C20H25F3N2O2/c1-13(2)11-19(27)9-10-25(16-6-4-3-5-15(16)19)18(26)14-7-8-17(24-12-14)20(21,22)23/h7-8,11-12,15-16,27H,3-6,9-10H2,1-2H3/t15-,16+,19?/m1/s1. The molecule has 4 nitrogen and oxygen atoms in total. The molecule has 1 unspecified atom stereocenters. The Bertz CT molecular complexity index is 726. The number of alkyl halides is 3. The van der Waals surface area contributed by atoms with Gasteiger partial charge in [-0.3, -0.25) is 9.78 Å². The van der Waals surface area contributed by atoms with E-state index in [4.69, 9.17) is 0 Å². The van der Waals surface area contributed by atoms with Crippen LogP contribution in [0, 0.1) is 5.92 Å². The van der Waals surface area contributed by atoms with Gasteiger partial charge in [0.2, 0.25) is 0 Å². The van der Waals surface area contributed by atoms with E-state index in [1.807, 2.05) is 19.9 Å². The first-order chi connectivity index (χ1) is 12.6. The molecular weight excluding hydrogens is 357 g/mol. The quantitative estimate of drug-likeness (QED) is 0.780. The maximum absolute atomic E-state index is 13.0. The van der Waals surface area contributed by atoms with E-state index >= 15 is 0 Å². The molecule has 1 aliphatic carbocycles. The maximum Gasteiger partial charge on any atom is 0.433 e. The Hall–Kier alpha value is -1.89. The zero-order valence-corrected chi connectivity index (χ0v) is 15.6. The van der Waals surface area contributed by atoms with Crippen LogP contribution in [0.25, 0.3) is 0 Å². The van der Waals surface area contributed by atoms with Gasteiger partial charge in [-0.05, 0) is 45.2 Å². The summed E-state index contributed by atoms with van der Waals surface area (Å²) in [6.07, 6.45) is 2.41. The van der Waals surface area contributed by atoms with Gasteiger partial charge in [-0.1, -0.05) is 24.5 Å². The minimum atomic E-state index is -4.53. The molecule has 1 saturated heterocycles. The lowest BCUT2D eigenvalue weighted by molar-refractivity contribution is -0.141. The highest BCUT2D eigenvalue weighted by Crippen LogP contribution is 2.43. The van der Waals surface area contributed by atoms with Crippen LogP contribution in [0.3, 0.4) is 0 Å². The number of pyridine rings is 1. The molecular formula is C20H25F3N2O2. The molecule has 1 N–H and O–H groups in total. The summed E-state index contributed by atoms with van der Waals surface area (Å²) >= 11 is 0. The molecule has 1 aliphatic heterocycles. The summed E-state index contributed by atoms with van der Waals surface area (Å²) in [7, 11) is 0. The van der Waals surface area contributed by atoms with Crippen molar-refractivity contribution in [3.8, 4) is 0 Å². The summed E-state index contributed by atoms with van der Waals surface area (Å²) in [6.45, 7) is 4.27. The number of piperidine rings is 1. The first-order valence-corrected chi connectivity index (χ1v) is 9.34. The van der Waals surface area contributed by atoms with Crippen molar-refractivity contribution in [3.05, 3.63) is 41.2 Å². The van der Waals surface area contributed by atoms with Gasteiger partial charge in [-0.2, -0.15) is 13.2 Å². The summed E-state index contributed by atoms with van der Waals surface area (Å²) in [5, 5.41) is 11.2. The number of hydrogen-bond donors (Lipinski definition) is 1. The predicted molar refractivity (Wildman–Crippen MR) is 95.0 cm³/mol. The Balaban J connectivity index is 1.84. The molecule has 2 aliphatic rings. The number of fused-ring (bicyclic) bond motifs is 1. The average Bonchev–Trinajstić information content (AvgIpc) is 2.60. The highest BCUT2D eigenvalue weighted by molar-refractivity contribution is 5.94. The van der Waals surface area contributed by atoms with E-state index in [1.165, 1.54) is 6.07 Å². The maximum atomic E-state index is 13.0. The Morgan fingerprint density at radius 3 is 2.59 bits per heavy atom. The van der Waals surface area contributed by atoms with Gasteiger partial charge < -0.3 is 10.0 Å². The summed E-state index contributed by atoms with van der Waals surface area (Å²) in [4.78, 5) is 18.1. The fourth-order valence-electron chi connectivity index (χ4n) is 4.50. The van der Waals surface area contributed by atoms with Crippen molar-refractivity contribution in [3.63, 3.8) is 0 Å². The smallest absolute Gasteiger partial charge is 0.385 e. The lowest BCUT2D eigenvalue weighted by atomic mass is 9.68. The molecule has 0 radical (unpaired) electrons. The minimum Gasteiger partial charge on any atom is -0.385 e. The number of halogens is 3. The number of likely N-dealkylation sites (tertiary alicyclic amines) is 1. The van der Waals surface area contributed by atoms with Gasteiger partial charge in [0, 0.05) is 24.7 Å². The van der Waals surface area contributed by atoms with Crippen molar-refractivity contribution in [2.24, 2.45) is 5.92 Å². The summed E-state index contributed by atoms with van der Waals surface area (Å²) in [5.74, 6) is -0.367. The number of carbonyl (C=O) groups excluding carboxylic acids is 1. The second-order valence-corrected chi connectivity index (χ2v) is 7.85. The van der Waals surface area contributed by atoms with Crippen LogP contribution in [-0.2, 0) is 6.18 Å². The third-order valence-electron chi connectivity index (χ3n) is 5.63. The first kappa shape index (κ1) is 19.9. The van der Waals surface area contributed by atoms with E-state index in [0.717, 1.165) is 43.5 Å². The molecule has 7 heteroatoms. The lowest BCUT2D eigenvalue weighted by Gasteiger charge is -2.51. The average molecular weight is 382 g/mol. The first-order valence-electron chi connectivity index (χ1n) is 9.34. The number of nitrogens with zero attached hydrogens (tertiary/aromatic N) is 2. The molecule has 2 fully saturated rings. The largest absolute Gasteiger partial charge is 0.433 e. The zero-order chi connectivity index (χ0) is 19.8. The number of hydrogen-bond acceptors (Lipinski definition) is 3. The van der Waals surface area contributed by atoms with Gasteiger partial charge in [0.1, 0.15) is 5.69 Å². The van der Waals surface area contributed by atoms with Gasteiger partial charge >= 0.3 is 6.18 Å². The molecule has 148 valence electrons. The summed E-state index contributed by atoms with van der Waals surface area (Å²) in [5.41, 5.74) is -0.751. The van der Waals surface area contributed by atoms with Crippen molar-refractivity contribution >= 4 is 5.91 Å². The number of allylic oxidation sites excluding steroid dienone is 1. The minimum absolute atomic E-state index is 0.0544. The van der Waals surface area contributed by atoms with Crippen LogP contribution in [0.2, 0.25) is 0 Å². The van der Waals surface area contributed by atoms with Crippen LogP contribution in [-0.4, -0.2) is 39.1 Å². The second kappa shape index (κ2) is 7.26. The van der Waals surface area contributed by atoms with E-state index in [9.17, 15) is 23.1 Å². The van der Waals surface area contributed by atoms with E-state index in [1.54, 1.807) is 4.90 Å². The summed E-state index contributed by atoms with van der Waals surface area (Å²) < 4.78 is 38.1. The molecule has 1 aromatic rings. The van der Waals surface area contributed by atoms with Gasteiger partial charge in [0.05, 0.1) is 11.2 Å². The van der Waals surface area contributed by atoms with Crippen molar-refractivity contribution in [2.45, 2.75) is 63.8 Å². The highest BCUT2D eigenvalue weighted by atomic mass is 19.4. The van der Waals surface area contributed by atoms with Crippen molar-refractivity contribution in [2.75, 3.05) is 6.54 Å². The van der Waals surface area contributed by atoms with Gasteiger partial charge in [-0.15, -0.1) is 0 Å². The van der Waals surface area contributed by atoms with Gasteiger partial charge in [0.15, 0.2) is 0 Å². The zero-order valence-electron chi connectivity index (χ0n) is 15.6. The van der Waals surface area contributed by atoms with E-state index in [2.05, 4.69) is 4.98 Å². The lowest BCUT2D eigenvalue weighted by Crippen LogP contribution is -2.59. The van der Waals surface area contributed by atoms with Crippen LogP contribution in [0.5, 0.6) is 0 Å². The summed E-state index contributed by atoms with van der Waals surface area (Å²) in [6, 6.07) is 1.92. The van der Waals surface area contributed by atoms with E-state index < -0.39 is 17.5 Å². The van der Waals surface area contributed by atoms with Crippen LogP contribution in [0.4, 0.5) is 13.2 Å². The Kier molecular flexibility index (Phi) is 5.34. The predicted octanol–water partition coefficient (Wildman–Crippen LogP) is 4.20. The van der Waals surface area contributed by atoms with Gasteiger partial charge in [-0.25, -0.2) is 0 Å². The van der Waals surface area contributed by atoms with Gasteiger partial charge in [0.25, 0.3) is 5.91 Å². The van der Waals surface area contributed by atoms with Crippen LogP contribution >= 0.6 is 0 Å². The molecule has 1 amide bonds. The fourth-order valence-corrected chi connectivity index (χ4v) is 4.50. The van der Waals surface area contributed by atoms with E-state index in [-0.39, 0.29) is 23.4 Å². The SMILES string of the molecule is CC(C)=CC1(O)CCN(C(=O)c2ccc(C(F)(F)F)nc2)[C@H]2CCCC[C@H]21. The Labute approximate surface area is 157 Å². The molecule has 2 heterocycles. The normalized spacial score (nSPS) is 28.4. The topological polar surface area (TPSA) is 53.4 Å². The van der Waals surface area contributed by atoms with Crippen LogP contribution in [0.1, 0.15) is 62.0 Å². The number of amides is 1. The highest BCUT2D eigenvalue weighted by Gasteiger charge is 2.48. The monoisotopic (exact) mass is 382 g/mol. The number of carbonyl (C=O) groups is 1.